The predicted molar refractivity (Wildman–Crippen MR) is 79.3 cm³/mol. The highest BCUT2D eigenvalue weighted by Gasteiger charge is 2.33. The van der Waals surface area contributed by atoms with Crippen LogP contribution in [0, 0.1) is 11.7 Å². The van der Waals surface area contributed by atoms with Gasteiger partial charge in [0.05, 0.1) is 7.11 Å². The van der Waals surface area contributed by atoms with Crippen LogP contribution in [0.3, 0.4) is 0 Å². The third kappa shape index (κ3) is 3.82. The number of benzene rings is 1. The fraction of sp³-hybridized carbons (Fsp3) is 0.500. The summed E-state index contributed by atoms with van der Waals surface area (Å²) in [6.07, 6.45) is 1.87. The predicted octanol–water partition coefficient (Wildman–Crippen LogP) is 1.63. The molecule has 120 valence electrons. The number of hydrogen-bond donors (Lipinski definition) is 1. The van der Waals surface area contributed by atoms with E-state index in [1.54, 1.807) is 18.2 Å². The topological polar surface area (TPSA) is 72.6 Å². The van der Waals surface area contributed by atoms with Gasteiger partial charge in [-0.25, -0.2) is 9.18 Å². The maximum atomic E-state index is 14.0. The molecule has 0 aliphatic carbocycles. The molecule has 1 fully saturated rings. The maximum Gasteiger partial charge on any atom is 0.327 e. The summed E-state index contributed by atoms with van der Waals surface area (Å²) in [6.45, 7) is 1.21. The molecule has 0 aromatic heterocycles. The monoisotopic (exact) mass is 308 g/mol. The average Bonchev–Trinajstić information content (AvgIpc) is 2.50. The fourth-order valence-corrected chi connectivity index (χ4v) is 2.98. The molecule has 1 amide bonds. The number of carbonyl (C=O) groups is 2. The number of rotatable bonds is 5. The van der Waals surface area contributed by atoms with Crippen LogP contribution in [-0.2, 0) is 14.3 Å². The molecular weight excluding hydrogens is 287 g/mol. The van der Waals surface area contributed by atoms with Gasteiger partial charge in [0.25, 0.3) is 0 Å². The third-order valence-electron chi connectivity index (χ3n) is 4.13. The van der Waals surface area contributed by atoms with Crippen molar-refractivity contribution in [3.63, 3.8) is 0 Å². The third-order valence-corrected chi connectivity index (χ3v) is 4.13. The Morgan fingerprint density at radius 3 is 2.55 bits per heavy atom. The number of nitrogens with two attached hydrogens (primary N) is 1. The lowest BCUT2D eigenvalue weighted by atomic mass is 9.91. The van der Waals surface area contributed by atoms with Crippen LogP contribution in [0.5, 0.6) is 0 Å². The number of likely N-dealkylation sites (tertiary alicyclic amines) is 1. The molecule has 1 atom stereocenters. The minimum atomic E-state index is -0.749. The molecule has 1 heterocycles. The first kappa shape index (κ1) is 16.4. The van der Waals surface area contributed by atoms with E-state index >= 15 is 0 Å². The van der Waals surface area contributed by atoms with E-state index in [9.17, 15) is 14.0 Å². The molecule has 1 unspecified atom stereocenters. The first-order chi connectivity index (χ1) is 10.5. The highest BCUT2D eigenvalue weighted by Crippen LogP contribution is 2.30. The molecule has 1 aromatic rings. The van der Waals surface area contributed by atoms with Gasteiger partial charge in [0, 0.05) is 12.0 Å². The van der Waals surface area contributed by atoms with Crippen molar-refractivity contribution in [1.82, 2.24) is 4.90 Å². The van der Waals surface area contributed by atoms with E-state index in [0.717, 1.165) is 12.8 Å². The second-order valence-corrected chi connectivity index (χ2v) is 5.60. The van der Waals surface area contributed by atoms with E-state index in [1.165, 1.54) is 13.2 Å². The van der Waals surface area contributed by atoms with Crippen LogP contribution in [0.1, 0.15) is 30.9 Å². The average molecular weight is 308 g/mol. The Kier molecular flexibility index (Phi) is 5.49. The molecule has 1 saturated heterocycles. The van der Waals surface area contributed by atoms with Gasteiger partial charge in [0.15, 0.2) is 0 Å². The van der Waals surface area contributed by atoms with Gasteiger partial charge < -0.3 is 10.5 Å². The van der Waals surface area contributed by atoms with E-state index in [4.69, 9.17) is 10.5 Å². The number of nitrogens with zero attached hydrogens (tertiary/aromatic N) is 1. The Balaban J connectivity index is 2.13. The molecule has 0 bridgehead atoms. The standard InChI is InChI=1S/C16H21FN2O3/c1-22-16(21)15(12-4-2-3-5-13(12)17)19-8-6-11(7-9-19)10-14(18)20/h2-5,11,15H,6-10H2,1H3,(H2,18,20). The van der Waals surface area contributed by atoms with Crippen molar-refractivity contribution >= 4 is 11.9 Å². The van der Waals surface area contributed by atoms with E-state index in [2.05, 4.69) is 0 Å². The first-order valence-electron chi connectivity index (χ1n) is 7.37. The number of esters is 1. The van der Waals surface area contributed by atoms with E-state index in [1.807, 2.05) is 4.90 Å². The van der Waals surface area contributed by atoms with Gasteiger partial charge in [-0.1, -0.05) is 18.2 Å². The lowest BCUT2D eigenvalue weighted by Crippen LogP contribution is -2.41. The number of ether oxygens (including phenoxy) is 1. The number of piperidine rings is 1. The summed E-state index contributed by atoms with van der Waals surface area (Å²) in [7, 11) is 1.30. The van der Waals surface area contributed by atoms with Crippen molar-refractivity contribution in [3.8, 4) is 0 Å². The van der Waals surface area contributed by atoms with Crippen LogP contribution in [0.2, 0.25) is 0 Å². The Labute approximate surface area is 129 Å². The summed E-state index contributed by atoms with van der Waals surface area (Å²) in [6, 6.07) is 5.48. The van der Waals surface area contributed by atoms with Gasteiger partial charge in [0.1, 0.15) is 11.9 Å². The molecule has 6 heteroatoms. The number of halogens is 1. The van der Waals surface area contributed by atoms with Crippen molar-refractivity contribution in [2.24, 2.45) is 11.7 Å². The lowest BCUT2D eigenvalue weighted by Gasteiger charge is -2.36. The quantitative estimate of drug-likeness (QED) is 0.839. The van der Waals surface area contributed by atoms with Crippen LogP contribution in [0.15, 0.2) is 24.3 Å². The summed E-state index contributed by atoms with van der Waals surface area (Å²) >= 11 is 0. The van der Waals surface area contributed by atoms with Crippen LogP contribution >= 0.6 is 0 Å². The Morgan fingerprint density at radius 1 is 1.36 bits per heavy atom. The van der Waals surface area contributed by atoms with Gasteiger partial charge >= 0.3 is 5.97 Å². The Morgan fingerprint density at radius 2 is 2.00 bits per heavy atom. The second kappa shape index (κ2) is 7.35. The molecule has 22 heavy (non-hydrogen) atoms. The van der Waals surface area contributed by atoms with Crippen molar-refractivity contribution in [2.45, 2.75) is 25.3 Å². The zero-order valence-corrected chi connectivity index (χ0v) is 12.6. The van der Waals surface area contributed by atoms with Crippen LogP contribution in [0.4, 0.5) is 4.39 Å². The van der Waals surface area contributed by atoms with Crippen LogP contribution in [-0.4, -0.2) is 37.0 Å². The molecule has 2 N–H and O–H groups in total. The summed E-state index contributed by atoms with van der Waals surface area (Å²) in [5.41, 5.74) is 5.54. The summed E-state index contributed by atoms with van der Waals surface area (Å²) < 4.78 is 18.9. The summed E-state index contributed by atoms with van der Waals surface area (Å²) in [4.78, 5) is 25.0. The number of hydrogen-bond acceptors (Lipinski definition) is 4. The van der Waals surface area contributed by atoms with Crippen molar-refractivity contribution < 1.29 is 18.7 Å². The highest BCUT2D eigenvalue weighted by atomic mass is 19.1. The van der Waals surface area contributed by atoms with E-state index in [0.29, 0.717) is 25.1 Å². The SMILES string of the molecule is COC(=O)C(c1ccccc1F)N1CCC(CC(N)=O)CC1. The normalized spacial score (nSPS) is 17.9. The molecule has 5 nitrogen and oxygen atoms in total. The number of carbonyl (C=O) groups excluding carboxylic acids is 2. The zero-order chi connectivity index (χ0) is 16.1. The fourth-order valence-electron chi connectivity index (χ4n) is 2.98. The van der Waals surface area contributed by atoms with Gasteiger partial charge in [0.2, 0.25) is 5.91 Å². The van der Waals surface area contributed by atoms with E-state index < -0.39 is 17.8 Å². The molecule has 0 radical (unpaired) electrons. The zero-order valence-electron chi connectivity index (χ0n) is 12.6. The van der Waals surface area contributed by atoms with Gasteiger partial charge in [-0.15, -0.1) is 0 Å². The second-order valence-electron chi connectivity index (χ2n) is 5.60. The molecule has 1 aliphatic rings. The van der Waals surface area contributed by atoms with Gasteiger partial charge in [-0.05, 0) is 37.9 Å². The van der Waals surface area contributed by atoms with Crippen molar-refractivity contribution in [1.29, 1.82) is 0 Å². The molecule has 2 rings (SSSR count). The largest absolute Gasteiger partial charge is 0.468 e. The van der Waals surface area contributed by atoms with Gasteiger partial charge in [-0.3, -0.25) is 9.69 Å². The highest BCUT2D eigenvalue weighted by molar-refractivity contribution is 5.77. The smallest absolute Gasteiger partial charge is 0.327 e. The molecular formula is C16H21FN2O3. The summed E-state index contributed by atoms with van der Waals surface area (Å²) in [5.74, 6) is -0.972. The molecule has 1 aromatic carbocycles. The Hall–Kier alpha value is -1.95. The summed E-state index contributed by atoms with van der Waals surface area (Å²) in [5, 5.41) is 0. The van der Waals surface area contributed by atoms with Crippen LogP contribution < -0.4 is 5.73 Å². The van der Waals surface area contributed by atoms with Crippen molar-refractivity contribution in [3.05, 3.63) is 35.6 Å². The van der Waals surface area contributed by atoms with E-state index in [-0.39, 0.29) is 11.8 Å². The maximum absolute atomic E-state index is 14.0. The lowest BCUT2D eigenvalue weighted by molar-refractivity contribution is -0.148. The number of amides is 1. The van der Waals surface area contributed by atoms with Crippen LogP contribution in [0.25, 0.3) is 0 Å². The minimum absolute atomic E-state index is 0.229. The number of methoxy groups -OCH3 is 1. The minimum Gasteiger partial charge on any atom is -0.468 e. The number of primary amides is 1. The van der Waals surface area contributed by atoms with Crippen molar-refractivity contribution in [2.75, 3.05) is 20.2 Å². The Bertz CT molecular complexity index is 542. The van der Waals surface area contributed by atoms with Gasteiger partial charge in [-0.2, -0.15) is 0 Å². The molecule has 0 saturated carbocycles. The molecule has 0 spiro atoms. The molecule has 1 aliphatic heterocycles. The first-order valence-corrected chi connectivity index (χ1v) is 7.37.